The summed E-state index contributed by atoms with van der Waals surface area (Å²) in [6, 6.07) is 27.1. The van der Waals surface area contributed by atoms with Crippen molar-refractivity contribution in [1.82, 2.24) is 0 Å². The molecule has 4 aromatic carbocycles. The van der Waals surface area contributed by atoms with Gasteiger partial charge in [0.15, 0.2) is 11.6 Å². The molecule has 266 valence electrons. The first-order valence-corrected chi connectivity index (χ1v) is 17.5. The second-order valence-electron chi connectivity index (χ2n) is 14.0. The molecule has 6 atom stereocenters. The number of carbonyl (C=O) groups excluding carboxylic acids is 4. The van der Waals surface area contributed by atoms with Gasteiger partial charge in [-0.3, -0.25) is 24.1 Å². The lowest BCUT2D eigenvalue weighted by atomic mass is 9.44. The third kappa shape index (κ3) is 5.09. The first-order valence-electron chi connectivity index (χ1n) is 17.5. The Labute approximate surface area is 306 Å². The fourth-order valence-corrected chi connectivity index (χ4v) is 9.43. The minimum absolute atomic E-state index is 0.0780. The molecule has 4 aromatic rings. The first kappa shape index (κ1) is 34.3. The average molecular weight is 710 g/mol. The summed E-state index contributed by atoms with van der Waals surface area (Å²) >= 11 is 0. The summed E-state index contributed by atoms with van der Waals surface area (Å²) in [4.78, 5) is 60.3. The van der Waals surface area contributed by atoms with Gasteiger partial charge in [0.2, 0.25) is 11.8 Å². The Bertz CT molecular complexity index is 2230. The summed E-state index contributed by atoms with van der Waals surface area (Å²) in [6.45, 7) is 0. The number of ether oxygens (including phenoxy) is 2. The predicted octanol–water partition coefficient (Wildman–Crippen LogP) is 4.12. The molecule has 53 heavy (non-hydrogen) atoms. The number of hydrogen-bond acceptors (Lipinski definition) is 9. The van der Waals surface area contributed by atoms with Crippen LogP contribution in [0, 0.1) is 23.7 Å². The number of Topliss-reactive ketones (excluding diaryl/α,β-unsaturated/α-hetero) is 1. The normalized spacial score (nSPS) is 26.3. The van der Waals surface area contributed by atoms with Gasteiger partial charge in [0.25, 0.3) is 0 Å². The van der Waals surface area contributed by atoms with E-state index in [-0.39, 0.29) is 58.2 Å². The lowest BCUT2D eigenvalue weighted by molar-refractivity contribution is -0.135. The largest absolute Gasteiger partial charge is 0.507 e. The minimum atomic E-state index is -1.81. The number of benzene rings is 4. The van der Waals surface area contributed by atoms with Crippen LogP contribution in [0.2, 0.25) is 0 Å². The Morgan fingerprint density at radius 3 is 2.21 bits per heavy atom. The van der Waals surface area contributed by atoms with Crippen LogP contribution in [0.15, 0.2) is 115 Å². The Morgan fingerprint density at radius 1 is 0.811 bits per heavy atom. The molecule has 0 radical (unpaired) electrons. The van der Waals surface area contributed by atoms with Gasteiger partial charge in [0.05, 0.1) is 37.2 Å². The third-order valence-corrected chi connectivity index (χ3v) is 11.6. The van der Waals surface area contributed by atoms with Crippen molar-refractivity contribution in [3.8, 4) is 17.2 Å². The zero-order chi connectivity index (χ0) is 37.2. The number of rotatable bonds is 7. The molecule has 0 unspecified atom stereocenters. The van der Waals surface area contributed by atoms with Crippen LogP contribution < -0.4 is 19.8 Å². The minimum Gasteiger partial charge on any atom is -0.507 e. The highest BCUT2D eigenvalue weighted by atomic mass is 16.5. The standard InChI is InChI=1S/C42H36BNO9/c1-52-27-19-33(45)37(34(20-27)53-2)38-28-16-17-29-36(41(49)44(40(29)48)26-15-9-14-25(18-26)43(50)51)31(28)21-32-39(47)30(23-10-5-3-6-11-23)22-35(46)42(32,38)24-12-7-4-8-13-24/h3-16,18-20,22,29,31-32,36,38,45,50-51H,17,21H2,1-2H3/t29-,31+,32-,36-,38+,42-/m0/s1. The molecular formula is C42H36BNO9. The molecule has 2 amide bonds. The van der Waals surface area contributed by atoms with E-state index >= 15 is 9.59 Å². The van der Waals surface area contributed by atoms with E-state index in [1.54, 1.807) is 42.5 Å². The molecule has 4 aliphatic rings. The van der Waals surface area contributed by atoms with Crippen LogP contribution in [0.4, 0.5) is 5.69 Å². The van der Waals surface area contributed by atoms with Crippen LogP contribution in [0.3, 0.4) is 0 Å². The fourth-order valence-electron chi connectivity index (χ4n) is 9.43. The maximum absolute atomic E-state index is 15.3. The lowest BCUT2D eigenvalue weighted by Crippen LogP contribution is -2.58. The number of phenols is 1. The lowest BCUT2D eigenvalue weighted by Gasteiger charge is -2.55. The van der Waals surface area contributed by atoms with E-state index in [0.717, 1.165) is 4.90 Å². The number of hydrogen-bond donors (Lipinski definition) is 3. The molecule has 11 heteroatoms. The number of aromatic hydroxyl groups is 1. The zero-order valence-corrected chi connectivity index (χ0v) is 29.0. The van der Waals surface area contributed by atoms with E-state index in [2.05, 4.69) is 0 Å². The summed E-state index contributed by atoms with van der Waals surface area (Å²) in [7, 11) is 1.10. The van der Waals surface area contributed by atoms with E-state index < -0.39 is 53.9 Å². The molecule has 1 saturated heterocycles. The van der Waals surface area contributed by atoms with Crippen molar-refractivity contribution < 1.29 is 43.8 Å². The molecule has 0 spiro atoms. The number of amides is 2. The maximum atomic E-state index is 15.3. The van der Waals surface area contributed by atoms with Crippen molar-refractivity contribution in [3.63, 3.8) is 0 Å². The molecule has 0 bridgehead atoms. The molecule has 8 rings (SSSR count). The van der Waals surface area contributed by atoms with E-state index in [0.29, 0.717) is 22.4 Å². The number of imide groups is 1. The van der Waals surface area contributed by atoms with E-state index in [9.17, 15) is 24.7 Å². The molecule has 2 fully saturated rings. The Balaban J connectivity index is 1.38. The highest BCUT2D eigenvalue weighted by molar-refractivity contribution is 6.58. The van der Waals surface area contributed by atoms with Gasteiger partial charge in [0.1, 0.15) is 17.2 Å². The molecular weight excluding hydrogens is 673 g/mol. The monoisotopic (exact) mass is 709 g/mol. The number of phenolic OH excluding ortho intramolecular Hbond substituents is 1. The Hall–Kier alpha value is -5.78. The van der Waals surface area contributed by atoms with E-state index in [1.807, 2.05) is 42.5 Å². The zero-order valence-electron chi connectivity index (χ0n) is 29.0. The Kier molecular flexibility index (Phi) is 8.43. The van der Waals surface area contributed by atoms with Crippen LogP contribution in [0.5, 0.6) is 17.2 Å². The van der Waals surface area contributed by atoms with Crippen molar-refractivity contribution in [2.45, 2.75) is 24.2 Å². The second-order valence-corrected chi connectivity index (χ2v) is 14.0. The van der Waals surface area contributed by atoms with Gasteiger partial charge in [-0.1, -0.05) is 84.4 Å². The van der Waals surface area contributed by atoms with Gasteiger partial charge in [-0.05, 0) is 53.6 Å². The number of fused-ring (bicyclic) bond motifs is 4. The summed E-state index contributed by atoms with van der Waals surface area (Å²) < 4.78 is 11.4. The predicted molar refractivity (Wildman–Crippen MR) is 197 cm³/mol. The van der Waals surface area contributed by atoms with Crippen LogP contribution in [-0.4, -0.2) is 59.9 Å². The van der Waals surface area contributed by atoms with Crippen molar-refractivity contribution in [2.24, 2.45) is 23.7 Å². The van der Waals surface area contributed by atoms with Gasteiger partial charge >= 0.3 is 7.12 Å². The Morgan fingerprint density at radius 2 is 1.53 bits per heavy atom. The van der Waals surface area contributed by atoms with Crippen molar-refractivity contribution in [2.75, 3.05) is 19.1 Å². The average Bonchev–Trinajstić information content (AvgIpc) is 3.44. The van der Waals surface area contributed by atoms with Crippen LogP contribution >= 0.6 is 0 Å². The number of carbonyl (C=O) groups is 4. The van der Waals surface area contributed by atoms with E-state index in [1.165, 1.54) is 38.5 Å². The number of anilines is 1. The summed E-state index contributed by atoms with van der Waals surface area (Å²) in [6.07, 6.45) is 3.56. The van der Waals surface area contributed by atoms with E-state index in [4.69, 9.17) is 9.47 Å². The molecule has 3 aliphatic carbocycles. The van der Waals surface area contributed by atoms with Crippen LogP contribution in [0.1, 0.15) is 35.4 Å². The second kappa shape index (κ2) is 13.0. The smallest absolute Gasteiger partial charge is 0.488 e. The van der Waals surface area contributed by atoms with Gasteiger partial charge in [0, 0.05) is 35.1 Å². The van der Waals surface area contributed by atoms with Crippen LogP contribution in [0.25, 0.3) is 5.57 Å². The summed E-state index contributed by atoms with van der Waals surface area (Å²) in [5.41, 5.74) is 1.11. The molecule has 1 aliphatic heterocycles. The van der Waals surface area contributed by atoms with Crippen molar-refractivity contribution >= 4 is 47.2 Å². The molecule has 0 aromatic heterocycles. The van der Waals surface area contributed by atoms with Crippen molar-refractivity contribution in [3.05, 3.63) is 131 Å². The third-order valence-electron chi connectivity index (χ3n) is 11.6. The number of methoxy groups -OCH3 is 2. The topological polar surface area (TPSA) is 151 Å². The van der Waals surface area contributed by atoms with Gasteiger partial charge < -0.3 is 24.6 Å². The quantitative estimate of drug-likeness (QED) is 0.146. The molecule has 10 nitrogen and oxygen atoms in total. The maximum Gasteiger partial charge on any atom is 0.488 e. The number of ketones is 2. The molecule has 1 saturated carbocycles. The fraction of sp³-hybridized carbons (Fsp3) is 0.238. The molecule has 3 N–H and O–H groups in total. The molecule has 1 heterocycles. The van der Waals surface area contributed by atoms with Gasteiger partial charge in [-0.25, -0.2) is 0 Å². The highest BCUT2D eigenvalue weighted by Crippen LogP contribution is 2.65. The summed E-state index contributed by atoms with van der Waals surface area (Å²) in [5, 5.41) is 31.6. The van der Waals surface area contributed by atoms with Crippen LogP contribution in [-0.2, 0) is 24.6 Å². The van der Waals surface area contributed by atoms with Gasteiger partial charge in [-0.2, -0.15) is 0 Å². The number of nitrogens with zero attached hydrogens (tertiary/aromatic N) is 1. The van der Waals surface area contributed by atoms with Crippen molar-refractivity contribution in [1.29, 1.82) is 0 Å². The SMILES string of the molecule is COc1cc(O)c([C@H]2C3=CC[C@@H]4C(=O)N(c5cccc(B(O)O)c5)C(=O)[C@@H]4[C@@H]3C[C@H]3C(=O)C(c4ccccc4)=CC(=O)[C@@]23c2ccccc2)c(OC)c1. The van der Waals surface area contributed by atoms with Gasteiger partial charge in [-0.15, -0.1) is 0 Å². The highest BCUT2D eigenvalue weighted by Gasteiger charge is 2.66. The first-order chi connectivity index (χ1) is 25.6. The number of allylic oxidation sites excluding steroid dienone is 4. The summed E-state index contributed by atoms with van der Waals surface area (Å²) in [5.74, 6) is -5.55.